The molecule has 1 atom stereocenters. The van der Waals surface area contributed by atoms with Crippen LogP contribution in [-0.4, -0.2) is 55.4 Å². The van der Waals surface area contributed by atoms with E-state index in [-0.39, 0.29) is 48.8 Å². The second-order valence-electron chi connectivity index (χ2n) is 6.82. The van der Waals surface area contributed by atoms with Crippen molar-refractivity contribution in [2.45, 2.75) is 35.1 Å². The monoisotopic (exact) mass is 455 g/mol. The van der Waals surface area contributed by atoms with Gasteiger partial charge in [0.25, 0.3) is 4.87 Å². The van der Waals surface area contributed by atoms with Gasteiger partial charge in [-0.15, -0.1) is 0 Å². The number of rotatable bonds is 6. The van der Waals surface area contributed by atoms with Crippen LogP contribution in [0.2, 0.25) is 0 Å². The molecule has 1 aromatic carbocycles. The molecule has 0 saturated carbocycles. The van der Waals surface area contributed by atoms with Crippen LogP contribution in [0.5, 0.6) is 0 Å². The van der Waals surface area contributed by atoms with Crippen molar-refractivity contribution in [3.63, 3.8) is 0 Å². The highest BCUT2D eigenvalue weighted by Gasteiger charge is 2.67. The molecule has 0 bridgehead atoms. The topological polar surface area (TPSA) is 116 Å². The molecule has 2 N–H and O–H groups in total. The van der Waals surface area contributed by atoms with Gasteiger partial charge in [-0.25, -0.2) is 17.6 Å². The first-order chi connectivity index (χ1) is 12.5. The summed E-state index contributed by atoms with van der Waals surface area (Å²) in [5.41, 5.74) is 4.26. The predicted molar refractivity (Wildman–Crippen MR) is 99.8 cm³/mol. The molecule has 1 heterocycles. The Labute approximate surface area is 175 Å². The maximum Gasteiger partial charge on any atom is 0.345 e. The fraction of sp³-hybridized carbons (Fsp3) is 0.562. The molecule has 0 spiro atoms. The first-order valence-corrected chi connectivity index (χ1v) is 10.2. The number of ether oxygens (including phenoxy) is 1. The summed E-state index contributed by atoms with van der Waals surface area (Å²) >= 11 is 4.42. The van der Waals surface area contributed by atoms with E-state index >= 15 is 0 Å². The Bertz CT molecular complexity index is 825. The van der Waals surface area contributed by atoms with Crippen molar-refractivity contribution in [1.82, 2.24) is 0 Å². The number of carbonyl (C=O) groups is 1. The average Bonchev–Trinajstić information content (AvgIpc) is 2.62. The van der Waals surface area contributed by atoms with E-state index in [0.29, 0.717) is 0 Å². The molecule has 0 radical (unpaired) electrons. The van der Waals surface area contributed by atoms with Crippen LogP contribution in [0.4, 0.5) is 4.39 Å². The summed E-state index contributed by atoms with van der Waals surface area (Å²) in [6.07, 6.45) is -0.154. The second kappa shape index (κ2) is 8.62. The number of halogens is 2. The Kier molecular flexibility index (Phi) is 7.62. The number of thiol groups is 1. The lowest BCUT2D eigenvalue weighted by molar-refractivity contribution is -0.778. The molecule has 1 fully saturated rings. The van der Waals surface area contributed by atoms with Crippen LogP contribution in [0, 0.1) is 10.7 Å². The first-order valence-electron chi connectivity index (χ1n) is 8.34. The van der Waals surface area contributed by atoms with E-state index in [2.05, 4.69) is 18.0 Å². The molecule has 1 aromatic rings. The molecule has 28 heavy (non-hydrogen) atoms. The van der Waals surface area contributed by atoms with Crippen molar-refractivity contribution in [2.75, 3.05) is 26.7 Å². The smallest absolute Gasteiger partial charge is 0.345 e. The maximum absolute atomic E-state index is 13.3. The van der Waals surface area contributed by atoms with Gasteiger partial charge in [-0.1, -0.05) is 5.18 Å². The highest BCUT2D eigenvalue weighted by molar-refractivity contribution is 7.93. The summed E-state index contributed by atoms with van der Waals surface area (Å²) in [5.74, 6) is -1.92. The van der Waals surface area contributed by atoms with Crippen LogP contribution in [-0.2, 0) is 19.4 Å². The molecule has 0 aliphatic carbocycles. The van der Waals surface area contributed by atoms with E-state index in [1.165, 1.54) is 6.92 Å². The zero-order chi connectivity index (χ0) is 20.5. The number of likely N-dealkylation sites (tertiary alicyclic amines) is 1. The summed E-state index contributed by atoms with van der Waals surface area (Å²) in [6, 6.07) is 3.85. The molecule has 0 amide bonds. The van der Waals surface area contributed by atoms with Crippen molar-refractivity contribution >= 4 is 28.6 Å². The summed E-state index contributed by atoms with van der Waals surface area (Å²) in [5, 5.41) is 3.06. The Morgan fingerprint density at radius 2 is 1.86 bits per heavy atom. The zero-order valence-electron chi connectivity index (χ0n) is 15.5. The molecule has 8 nitrogen and oxygen atoms in total. The quantitative estimate of drug-likeness (QED) is 0.176. The van der Waals surface area contributed by atoms with E-state index in [1.807, 2.05) is 0 Å². The van der Waals surface area contributed by atoms with Gasteiger partial charge in [0.15, 0.2) is 5.54 Å². The Hall–Kier alpha value is -1.27. The molecule has 1 aliphatic rings. The molecule has 1 aliphatic heterocycles. The molecule has 1 saturated heterocycles. The van der Waals surface area contributed by atoms with Crippen molar-refractivity contribution in [2.24, 2.45) is 10.9 Å². The number of nitroso groups, excluding NO2 is 1. The highest BCUT2D eigenvalue weighted by atomic mass is 35.5. The largest absolute Gasteiger partial charge is 1.00 e. The molecular weight excluding hydrogens is 433 g/mol. The number of quaternary nitrogens is 1. The number of piperidine rings is 1. The van der Waals surface area contributed by atoms with E-state index in [1.54, 1.807) is 7.05 Å². The first kappa shape index (κ1) is 24.8. The minimum absolute atomic E-state index is 0. The fourth-order valence-electron chi connectivity index (χ4n) is 3.21. The van der Waals surface area contributed by atoms with Gasteiger partial charge in [-0.2, -0.15) is 4.91 Å². The number of nitrogens with zero attached hydrogens (tertiary/aromatic N) is 2. The predicted octanol–water partition coefficient (Wildman–Crippen LogP) is -1.59. The third-order valence-electron chi connectivity index (χ3n) is 5.01. The van der Waals surface area contributed by atoms with E-state index in [9.17, 15) is 22.5 Å². The number of esters is 1. The van der Waals surface area contributed by atoms with Crippen LogP contribution < -0.4 is 18.1 Å². The normalized spacial score (nSPS) is 27.2. The third kappa shape index (κ3) is 4.04. The average molecular weight is 456 g/mol. The SMILES string of the molecule is CCOC(=O)C(N)(C1(N=O)CC[N+](C)(S)CC1)S(=O)(=O)c1ccc(F)cc1.[Cl-]. The van der Waals surface area contributed by atoms with Gasteiger partial charge in [-0.05, 0) is 31.2 Å². The summed E-state index contributed by atoms with van der Waals surface area (Å²) in [6.45, 7) is 1.90. The van der Waals surface area contributed by atoms with Gasteiger partial charge in [0.1, 0.15) is 5.82 Å². The van der Waals surface area contributed by atoms with Gasteiger partial charge in [0.05, 0.1) is 44.5 Å². The lowest BCUT2D eigenvalue weighted by Gasteiger charge is -2.45. The maximum atomic E-state index is 13.3. The number of hydrogen-bond donors (Lipinski definition) is 2. The van der Waals surface area contributed by atoms with Gasteiger partial charge >= 0.3 is 5.97 Å². The lowest BCUT2D eigenvalue weighted by atomic mass is 9.81. The van der Waals surface area contributed by atoms with Gasteiger partial charge in [0.2, 0.25) is 9.84 Å². The zero-order valence-corrected chi connectivity index (χ0v) is 17.9. The molecule has 0 aromatic heterocycles. The second-order valence-corrected chi connectivity index (χ2v) is 9.91. The van der Waals surface area contributed by atoms with E-state index < -0.39 is 36.9 Å². The highest BCUT2D eigenvalue weighted by Crippen LogP contribution is 2.43. The number of hydrogen-bond acceptors (Lipinski definition) is 8. The molecule has 2 rings (SSSR count). The minimum Gasteiger partial charge on any atom is -1.00 e. The third-order valence-corrected chi connectivity index (χ3v) is 7.69. The summed E-state index contributed by atoms with van der Waals surface area (Å²) in [4.78, 5) is 21.5. The lowest BCUT2D eigenvalue weighted by Crippen LogP contribution is -3.00. The van der Waals surface area contributed by atoms with E-state index in [4.69, 9.17) is 10.5 Å². The standard InChI is InChI=1S/C16H23FN3O5S2.ClH/c1-3-25-14(21)16(18,15(19-22)8-10-20(2,26)11-9-15)27(23,24)13-6-4-12(17)5-7-13;/h4-7,26H,3,8-11,18H2,1-2H3;1H/q+1;/p-1. The van der Waals surface area contributed by atoms with Gasteiger partial charge < -0.3 is 22.9 Å². The molecule has 1 unspecified atom stereocenters. The summed E-state index contributed by atoms with van der Waals surface area (Å²) < 4.78 is 45.1. The fourth-order valence-corrected chi connectivity index (χ4v) is 5.29. The van der Waals surface area contributed by atoms with Crippen molar-refractivity contribution in [3.8, 4) is 0 Å². The molecule has 12 heteroatoms. The minimum atomic E-state index is -4.64. The van der Waals surface area contributed by atoms with Crippen LogP contribution in [0.15, 0.2) is 34.3 Å². The number of benzene rings is 1. The van der Waals surface area contributed by atoms with Gasteiger partial charge in [0, 0.05) is 12.8 Å². The summed E-state index contributed by atoms with van der Waals surface area (Å²) in [7, 11) is -2.85. The Balaban J connectivity index is 0.00000392. The van der Waals surface area contributed by atoms with Gasteiger partial charge in [-0.3, -0.25) is 3.89 Å². The van der Waals surface area contributed by atoms with Crippen molar-refractivity contribution < 1.29 is 38.6 Å². The molecule has 158 valence electrons. The number of carbonyl (C=O) groups excluding carboxylic acids is 1. The van der Waals surface area contributed by atoms with Crippen molar-refractivity contribution in [1.29, 1.82) is 0 Å². The van der Waals surface area contributed by atoms with Crippen LogP contribution in [0.3, 0.4) is 0 Å². The van der Waals surface area contributed by atoms with Crippen molar-refractivity contribution in [3.05, 3.63) is 35.0 Å². The number of sulfone groups is 1. The molecular formula is C16H23ClFN3O5S2. The van der Waals surface area contributed by atoms with E-state index in [0.717, 1.165) is 24.3 Å². The Morgan fingerprint density at radius 3 is 2.29 bits per heavy atom. The van der Waals surface area contributed by atoms with Crippen LogP contribution in [0.25, 0.3) is 0 Å². The van der Waals surface area contributed by atoms with Crippen LogP contribution >= 0.6 is 12.8 Å². The Morgan fingerprint density at radius 1 is 1.36 bits per heavy atom. The van der Waals surface area contributed by atoms with Crippen LogP contribution in [0.1, 0.15) is 19.8 Å². The number of nitrogens with two attached hydrogens (primary N) is 1.